The van der Waals surface area contributed by atoms with Crippen molar-refractivity contribution in [3.05, 3.63) is 85.7 Å². The van der Waals surface area contributed by atoms with Crippen LogP contribution >= 0.6 is 11.6 Å². The van der Waals surface area contributed by atoms with Gasteiger partial charge in [0.25, 0.3) is 5.69 Å². The highest BCUT2D eigenvalue weighted by Crippen LogP contribution is 2.29. The number of rotatable bonds is 8. The molecule has 0 spiro atoms. The molecule has 1 aromatic heterocycles. The Labute approximate surface area is 169 Å². The first-order valence-electron chi connectivity index (χ1n) is 8.18. The topological polar surface area (TPSA) is 148 Å². The van der Waals surface area contributed by atoms with Crippen LogP contribution in [0.15, 0.2) is 54.9 Å². The third-order valence-electron chi connectivity index (χ3n) is 3.78. The van der Waals surface area contributed by atoms with Gasteiger partial charge in [-0.15, -0.1) is 0 Å². The van der Waals surface area contributed by atoms with Gasteiger partial charge in [0, 0.05) is 23.7 Å². The van der Waals surface area contributed by atoms with Gasteiger partial charge in [0.15, 0.2) is 0 Å². The van der Waals surface area contributed by atoms with Gasteiger partial charge in [0.05, 0.1) is 15.5 Å². The van der Waals surface area contributed by atoms with Gasteiger partial charge in [-0.1, -0.05) is 23.7 Å². The predicted octanol–water partition coefficient (Wildman–Crippen LogP) is 4.00. The number of nitro groups is 2. The average Bonchev–Trinajstić information content (AvgIpc) is 2.72. The minimum Gasteiger partial charge on any atom is -0.360 e. The number of hydrazine groups is 1. The van der Waals surface area contributed by atoms with Crippen molar-refractivity contribution in [2.75, 3.05) is 16.2 Å². The summed E-state index contributed by atoms with van der Waals surface area (Å²) in [6, 6.07) is 12.5. The van der Waals surface area contributed by atoms with Gasteiger partial charge in [-0.05, 0) is 29.8 Å². The summed E-state index contributed by atoms with van der Waals surface area (Å²) in [5, 5.41) is 25.7. The number of aromatic nitrogens is 2. The molecule has 0 atom stereocenters. The fourth-order valence-corrected chi connectivity index (χ4v) is 2.48. The Morgan fingerprint density at radius 1 is 0.862 bits per heavy atom. The Balaban J connectivity index is 1.74. The predicted molar refractivity (Wildman–Crippen MR) is 108 cm³/mol. The molecule has 3 rings (SSSR count). The van der Waals surface area contributed by atoms with Crippen molar-refractivity contribution in [3.8, 4) is 0 Å². The van der Waals surface area contributed by atoms with Crippen LogP contribution in [0.1, 0.15) is 5.56 Å². The second-order valence-corrected chi connectivity index (χ2v) is 6.15. The number of hydrogen-bond acceptors (Lipinski definition) is 9. The molecule has 0 saturated carbocycles. The van der Waals surface area contributed by atoms with E-state index in [1.807, 2.05) is 0 Å². The highest BCUT2D eigenvalue weighted by molar-refractivity contribution is 6.30. The Hall–Kier alpha value is -3.99. The molecule has 0 aliphatic rings. The SMILES string of the molecule is O=[N+]([O-])c1ccc(NNc2ncnc(NCc3ccc(Cl)cc3)c2[N+](=O)[O-])cc1. The van der Waals surface area contributed by atoms with Gasteiger partial charge >= 0.3 is 5.69 Å². The summed E-state index contributed by atoms with van der Waals surface area (Å²) < 4.78 is 0. The number of nitrogens with one attached hydrogen (secondary N) is 3. The molecule has 12 heteroatoms. The molecule has 11 nitrogen and oxygen atoms in total. The third-order valence-corrected chi connectivity index (χ3v) is 4.03. The van der Waals surface area contributed by atoms with Crippen molar-refractivity contribution in [2.45, 2.75) is 6.54 Å². The largest absolute Gasteiger partial charge is 0.360 e. The molecule has 3 aromatic rings. The molecule has 0 aliphatic carbocycles. The van der Waals surface area contributed by atoms with E-state index in [1.54, 1.807) is 24.3 Å². The van der Waals surface area contributed by atoms with Crippen LogP contribution < -0.4 is 16.2 Å². The van der Waals surface area contributed by atoms with Crippen LogP contribution in [-0.4, -0.2) is 19.8 Å². The molecule has 0 fully saturated rings. The van der Waals surface area contributed by atoms with E-state index in [0.29, 0.717) is 17.3 Å². The van der Waals surface area contributed by atoms with Crippen molar-refractivity contribution < 1.29 is 9.85 Å². The first-order chi connectivity index (χ1) is 13.9. The smallest absolute Gasteiger partial charge is 0.354 e. The molecule has 2 aromatic carbocycles. The maximum Gasteiger partial charge on any atom is 0.354 e. The normalized spacial score (nSPS) is 10.2. The lowest BCUT2D eigenvalue weighted by Crippen LogP contribution is -2.14. The standard InChI is InChI=1S/C17H14ClN7O4/c18-12-3-1-11(2-4-12)9-19-16-15(25(28)29)17(21-10-20-16)23-22-13-5-7-14(8-6-13)24(26)27/h1-8,10,22H,9H2,(H2,19,20,21,23). The van der Waals surface area contributed by atoms with E-state index in [4.69, 9.17) is 11.6 Å². The van der Waals surface area contributed by atoms with E-state index in [2.05, 4.69) is 26.1 Å². The number of halogens is 1. The minimum absolute atomic E-state index is 0.0351. The van der Waals surface area contributed by atoms with Crippen molar-refractivity contribution >= 4 is 40.3 Å². The van der Waals surface area contributed by atoms with Crippen LogP contribution in [0.2, 0.25) is 5.02 Å². The highest BCUT2D eigenvalue weighted by Gasteiger charge is 2.23. The van der Waals surface area contributed by atoms with Crippen molar-refractivity contribution in [3.63, 3.8) is 0 Å². The van der Waals surface area contributed by atoms with Gasteiger partial charge in [0.2, 0.25) is 11.6 Å². The molecule has 0 aliphatic heterocycles. The molecule has 0 amide bonds. The fourth-order valence-electron chi connectivity index (χ4n) is 2.36. The maximum absolute atomic E-state index is 11.6. The van der Waals surface area contributed by atoms with E-state index in [1.165, 1.54) is 30.6 Å². The van der Waals surface area contributed by atoms with E-state index in [0.717, 1.165) is 5.56 Å². The Morgan fingerprint density at radius 2 is 1.52 bits per heavy atom. The molecule has 0 saturated heterocycles. The maximum atomic E-state index is 11.6. The quantitative estimate of drug-likeness (QED) is 0.366. The molecular formula is C17H14ClN7O4. The molecule has 3 N–H and O–H groups in total. The summed E-state index contributed by atoms with van der Waals surface area (Å²) >= 11 is 5.85. The first-order valence-corrected chi connectivity index (χ1v) is 8.56. The number of nitro benzene ring substituents is 1. The van der Waals surface area contributed by atoms with Gasteiger partial charge in [-0.25, -0.2) is 9.97 Å². The summed E-state index contributed by atoms with van der Waals surface area (Å²) in [4.78, 5) is 29.0. The number of anilines is 3. The molecule has 29 heavy (non-hydrogen) atoms. The zero-order chi connectivity index (χ0) is 20.8. The molecular weight excluding hydrogens is 402 g/mol. The van der Waals surface area contributed by atoms with Crippen molar-refractivity contribution in [2.24, 2.45) is 0 Å². The average molecular weight is 416 g/mol. The van der Waals surface area contributed by atoms with E-state index < -0.39 is 9.85 Å². The van der Waals surface area contributed by atoms with Crippen LogP contribution in [-0.2, 0) is 6.54 Å². The summed E-state index contributed by atoms with van der Waals surface area (Å²) in [6.45, 7) is 0.296. The number of benzene rings is 2. The van der Waals surface area contributed by atoms with E-state index in [9.17, 15) is 20.2 Å². The third kappa shape index (κ3) is 5.05. The second kappa shape index (κ2) is 8.80. The highest BCUT2D eigenvalue weighted by atomic mass is 35.5. The van der Waals surface area contributed by atoms with Gasteiger partial charge < -0.3 is 5.32 Å². The molecule has 1 heterocycles. The summed E-state index contributed by atoms with van der Waals surface area (Å²) in [6.07, 6.45) is 1.18. The molecule has 0 radical (unpaired) electrons. The lowest BCUT2D eigenvalue weighted by Gasteiger charge is -2.11. The van der Waals surface area contributed by atoms with Crippen molar-refractivity contribution in [1.82, 2.24) is 9.97 Å². The molecule has 0 bridgehead atoms. The van der Waals surface area contributed by atoms with Gasteiger partial charge in [0.1, 0.15) is 6.33 Å². The fraction of sp³-hybridized carbons (Fsp3) is 0.0588. The number of hydrogen-bond donors (Lipinski definition) is 3. The molecule has 0 unspecified atom stereocenters. The summed E-state index contributed by atoms with van der Waals surface area (Å²) in [5.74, 6) is -0.0325. The lowest BCUT2D eigenvalue weighted by atomic mass is 10.2. The van der Waals surface area contributed by atoms with E-state index >= 15 is 0 Å². The monoisotopic (exact) mass is 415 g/mol. The summed E-state index contributed by atoms with van der Waals surface area (Å²) in [5.41, 5.74) is 6.25. The van der Waals surface area contributed by atoms with Crippen LogP contribution in [0.4, 0.5) is 28.7 Å². The summed E-state index contributed by atoms with van der Waals surface area (Å²) in [7, 11) is 0. The Bertz CT molecular complexity index is 1030. The number of nitrogens with zero attached hydrogens (tertiary/aromatic N) is 4. The van der Waals surface area contributed by atoms with Crippen LogP contribution in [0.5, 0.6) is 0 Å². The molecule has 148 valence electrons. The lowest BCUT2D eigenvalue weighted by molar-refractivity contribution is -0.384. The van der Waals surface area contributed by atoms with Crippen LogP contribution in [0.25, 0.3) is 0 Å². The van der Waals surface area contributed by atoms with Gasteiger partial charge in [-0.3, -0.25) is 31.1 Å². The van der Waals surface area contributed by atoms with Crippen LogP contribution in [0, 0.1) is 20.2 Å². The minimum atomic E-state index is -0.607. The Kier molecular flexibility index (Phi) is 6.00. The number of non-ortho nitro benzene ring substituents is 1. The van der Waals surface area contributed by atoms with Crippen molar-refractivity contribution in [1.29, 1.82) is 0 Å². The van der Waals surface area contributed by atoms with Gasteiger partial charge in [-0.2, -0.15) is 0 Å². The second-order valence-electron chi connectivity index (χ2n) is 5.71. The zero-order valence-electron chi connectivity index (χ0n) is 14.7. The first kappa shape index (κ1) is 19.8. The van der Waals surface area contributed by atoms with Crippen LogP contribution in [0.3, 0.4) is 0 Å². The Morgan fingerprint density at radius 3 is 2.14 bits per heavy atom. The van der Waals surface area contributed by atoms with E-state index in [-0.39, 0.29) is 23.0 Å². The zero-order valence-corrected chi connectivity index (χ0v) is 15.5.